The fraction of sp³-hybridized carbons (Fsp3) is 0.351. The van der Waals surface area contributed by atoms with E-state index in [4.69, 9.17) is 9.72 Å². The number of ether oxygens (including phenoxy) is 1. The molecule has 0 aliphatic carbocycles. The standard InChI is InChI=1S/C37H42N6O4S/c1-24(2)18-30-23-47-34-20-33(35-25(3)8-6-9-26(35)4)39-37(40-34)41-48(45,46)31-11-7-10-29(19-31)36(44)43(30)22-27-12-13-32(38-21-27)28-14-16-42(5)17-15-28/h6-14,19-21,24,30H,15-18,22-23H2,1-5H3,(H,39,40,41)/t30-/m1/s1. The number of anilines is 1. The molecule has 0 radical (unpaired) electrons. The van der Waals surface area contributed by atoms with E-state index in [0.29, 0.717) is 12.1 Å². The van der Waals surface area contributed by atoms with E-state index in [-0.39, 0.29) is 53.3 Å². The molecule has 10 nitrogen and oxygen atoms in total. The molecule has 4 aromatic rings. The van der Waals surface area contributed by atoms with Crippen molar-refractivity contribution in [3.05, 3.63) is 101 Å². The highest BCUT2D eigenvalue weighted by molar-refractivity contribution is 7.92. The summed E-state index contributed by atoms with van der Waals surface area (Å²) in [5.41, 5.74) is 6.67. The minimum Gasteiger partial charge on any atom is -0.475 e. The van der Waals surface area contributed by atoms with Crippen LogP contribution in [0.5, 0.6) is 5.88 Å². The van der Waals surface area contributed by atoms with Gasteiger partial charge in [-0.1, -0.05) is 50.3 Å². The zero-order valence-electron chi connectivity index (χ0n) is 28.1. The van der Waals surface area contributed by atoms with E-state index < -0.39 is 10.0 Å². The molecule has 0 spiro atoms. The van der Waals surface area contributed by atoms with Crippen LogP contribution >= 0.6 is 0 Å². The molecule has 0 saturated heterocycles. The van der Waals surface area contributed by atoms with Gasteiger partial charge in [-0.15, -0.1) is 0 Å². The highest BCUT2D eigenvalue weighted by Gasteiger charge is 2.29. The lowest BCUT2D eigenvalue weighted by atomic mass is 10.00. The number of pyridine rings is 1. The lowest BCUT2D eigenvalue weighted by Crippen LogP contribution is -2.44. The van der Waals surface area contributed by atoms with Crippen molar-refractivity contribution in [3.8, 4) is 17.1 Å². The van der Waals surface area contributed by atoms with Crippen LogP contribution in [0.3, 0.4) is 0 Å². The van der Waals surface area contributed by atoms with Crippen LogP contribution in [-0.4, -0.2) is 71.9 Å². The largest absolute Gasteiger partial charge is 0.475 e. The lowest BCUT2D eigenvalue weighted by molar-refractivity contribution is 0.0553. The fourth-order valence-corrected chi connectivity index (χ4v) is 7.31. The molecule has 0 fully saturated rings. The molecular formula is C37H42N6O4S. The van der Waals surface area contributed by atoms with Crippen LogP contribution in [-0.2, 0) is 16.6 Å². The van der Waals surface area contributed by atoms with E-state index in [1.165, 1.54) is 17.7 Å². The van der Waals surface area contributed by atoms with E-state index in [1.54, 1.807) is 23.1 Å². The van der Waals surface area contributed by atoms with Gasteiger partial charge in [0.25, 0.3) is 15.9 Å². The molecule has 11 heteroatoms. The van der Waals surface area contributed by atoms with E-state index in [2.05, 4.69) is 46.6 Å². The summed E-state index contributed by atoms with van der Waals surface area (Å²) in [6.45, 7) is 10.5. The quantitative estimate of drug-likeness (QED) is 0.262. The minimum atomic E-state index is -4.15. The zero-order valence-corrected chi connectivity index (χ0v) is 28.9. The summed E-state index contributed by atoms with van der Waals surface area (Å²) in [5, 5.41) is 0. The molecule has 48 heavy (non-hydrogen) atoms. The number of carbonyl (C=O) groups is 1. The van der Waals surface area contributed by atoms with Crippen molar-refractivity contribution >= 4 is 27.5 Å². The van der Waals surface area contributed by atoms with Crippen molar-refractivity contribution in [1.29, 1.82) is 0 Å². The number of hydrogen-bond acceptors (Lipinski definition) is 8. The van der Waals surface area contributed by atoms with Crippen LogP contribution in [0.4, 0.5) is 5.95 Å². The number of amides is 1. The van der Waals surface area contributed by atoms with Crippen molar-refractivity contribution in [2.75, 3.05) is 31.5 Å². The number of likely N-dealkylation sites (N-methyl/N-ethyl adjacent to an activating group) is 1. The highest BCUT2D eigenvalue weighted by Crippen LogP contribution is 2.31. The Morgan fingerprint density at radius 1 is 1.00 bits per heavy atom. The Bertz CT molecular complexity index is 1940. The second-order valence-corrected chi connectivity index (χ2v) is 14.8. The smallest absolute Gasteiger partial charge is 0.264 e. The number of sulfonamides is 1. The number of aromatic nitrogens is 3. The number of fused-ring (bicyclic) bond motifs is 4. The van der Waals surface area contributed by atoms with Crippen molar-refractivity contribution < 1.29 is 17.9 Å². The van der Waals surface area contributed by atoms with Gasteiger partial charge < -0.3 is 14.5 Å². The highest BCUT2D eigenvalue weighted by atomic mass is 32.2. The number of rotatable bonds is 6. The maximum Gasteiger partial charge on any atom is 0.264 e. The SMILES string of the molecule is Cc1cccc(C)c1-c1cc2nc(n1)NS(=O)(=O)c1cccc(c1)C(=O)N(Cc1ccc(C3=CCN(C)CC3)nc1)[C@H](CC(C)C)CO2. The first kappa shape index (κ1) is 33.3. The summed E-state index contributed by atoms with van der Waals surface area (Å²) in [5.74, 6) is 0.0480. The Morgan fingerprint density at radius 2 is 1.77 bits per heavy atom. The van der Waals surface area contributed by atoms with Gasteiger partial charge in [0.2, 0.25) is 11.8 Å². The molecule has 1 amide bonds. The topological polar surface area (TPSA) is 118 Å². The van der Waals surface area contributed by atoms with Gasteiger partial charge >= 0.3 is 0 Å². The number of nitrogens with one attached hydrogen (secondary N) is 1. The zero-order chi connectivity index (χ0) is 34.0. The third-order valence-electron chi connectivity index (χ3n) is 8.84. The fourth-order valence-electron chi connectivity index (χ4n) is 6.32. The molecule has 2 aromatic heterocycles. The van der Waals surface area contributed by atoms with Crippen molar-refractivity contribution in [3.63, 3.8) is 0 Å². The van der Waals surface area contributed by atoms with Crippen LogP contribution in [0.2, 0.25) is 0 Å². The molecule has 2 aliphatic heterocycles. The van der Waals surface area contributed by atoms with Gasteiger partial charge in [-0.25, -0.2) is 18.1 Å². The van der Waals surface area contributed by atoms with Gasteiger partial charge in [0, 0.05) is 43.0 Å². The van der Waals surface area contributed by atoms with Gasteiger partial charge in [-0.2, -0.15) is 4.98 Å². The first-order valence-corrected chi connectivity index (χ1v) is 17.8. The number of benzene rings is 2. The predicted octanol–water partition coefficient (Wildman–Crippen LogP) is 6.12. The molecule has 6 rings (SSSR count). The molecule has 1 N–H and O–H groups in total. The summed E-state index contributed by atoms with van der Waals surface area (Å²) in [6, 6.07) is 17.4. The average Bonchev–Trinajstić information content (AvgIpc) is 3.05. The summed E-state index contributed by atoms with van der Waals surface area (Å²) >= 11 is 0. The van der Waals surface area contributed by atoms with Crippen LogP contribution in [0.25, 0.3) is 16.8 Å². The maximum absolute atomic E-state index is 14.4. The Hall–Kier alpha value is -4.61. The summed E-state index contributed by atoms with van der Waals surface area (Å²) < 4.78 is 36.2. The van der Waals surface area contributed by atoms with Gasteiger partial charge in [-0.3, -0.25) is 9.78 Å². The van der Waals surface area contributed by atoms with Crippen LogP contribution in [0.15, 0.2) is 77.8 Å². The monoisotopic (exact) mass is 666 g/mol. The van der Waals surface area contributed by atoms with E-state index in [0.717, 1.165) is 47.5 Å². The molecule has 250 valence electrons. The number of aryl methyl sites for hydroxylation is 2. The Kier molecular flexibility index (Phi) is 9.61. The van der Waals surface area contributed by atoms with Gasteiger partial charge in [0.1, 0.15) is 6.61 Å². The molecule has 4 bridgehead atoms. The molecular weight excluding hydrogens is 625 g/mol. The first-order chi connectivity index (χ1) is 23.0. The molecule has 0 unspecified atom stereocenters. The van der Waals surface area contributed by atoms with Crippen LogP contribution in [0.1, 0.15) is 59.4 Å². The van der Waals surface area contributed by atoms with Crippen molar-refractivity contribution in [2.24, 2.45) is 5.92 Å². The minimum absolute atomic E-state index is 0.0612. The second-order valence-electron chi connectivity index (χ2n) is 13.1. The summed E-state index contributed by atoms with van der Waals surface area (Å²) in [7, 11) is -2.05. The van der Waals surface area contributed by atoms with E-state index >= 15 is 0 Å². The van der Waals surface area contributed by atoms with E-state index in [1.807, 2.05) is 50.4 Å². The molecule has 4 heterocycles. The Balaban J connectivity index is 1.42. The van der Waals surface area contributed by atoms with Gasteiger partial charge in [-0.05, 0) is 86.2 Å². The molecule has 2 aliphatic rings. The second kappa shape index (κ2) is 13.9. The Morgan fingerprint density at radius 3 is 2.46 bits per heavy atom. The van der Waals surface area contributed by atoms with Gasteiger partial charge in [0.15, 0.2) is 0 Å². The predicted molar refractivity (Wildman–Crippen MR) is 187 cm³/mol. The molecule has 0 saturated carbocycles. The van der Waals surface area contributed by atoms with Crippen molar-refractivity contribution in [1.82, 2.24) is 24.8 Å². The summed E-state index contributed by atoms with van der Waals surface area (Å²) in [4.78, 5) is 32.2. The number of hydrogen-bond donors (Lipinski definition) is 1. The number of carbonyl (C=O) groups excluding carboxylic acids is 1. The molecule has 2 aromatic carbocycles. The van der Waals surface area contributed by atoms with E-state index in [9.17, 15) is 13.2 Å². The third-order valence-corrected chi connectivity index (χ3v) is 10.2. The normalized spacial score (nSPS) is 18.2. The number of nitrogens with zero attached hydrogens (tertiary/aromatic N) is 5. The maximum atomic E-state index is 14.4. The third kappa shape index (κ3) is 7.42. The van der Waals surface area contributed by atoms with Crippen LogP contribution in [0, 0.1) is 19.8 Å². The molecule has 1 atom stereocenters. The summed E-state index contributed by atoms with van der Waals surface area (Å²) in [6.07, 6.45) is 5.62. The first-order valence-electron chi connectivity index (χ1n) is 16.3. The average molecular weight is 667 g/mol. The lowest BCUT2D eigenvalue weighted by Gasteiger charge is -2.33. The Labute approximate surface area is 283 Å². The van der Waals surface area contributed by atoms with Gasteiger partial charge in [0.05, 0.1) is 22.3 Å². The van der Waals surface area contributed by atoms with Crippen molar-refractivity contribution in [2.45, 2.75) is 58.0 Å². The van der Waals surface area contributed by atoms with Crippen LogP contribution < -0.4 is 9.46 Å².